The van der Waals surface area contributed by atoms with E-state index < -0.39 is 6.03 Å². The van der Waals surface area contributed by atoms with Gasteiger partial charge in [-0.15, -0.1) is 0 Å². The predicted octanol–water partition coefficient (Wildman–Crippen LogP) is 3.14. The van der Waals surface area contributed by atoms with Gasteiger partial charge in [-0.2, -0.15) is 0 Å². The summed E-state index contributed by atoms with van der Waals surface area (Å²) >= 11 is 0. The third-order valence-corrected chi connectivity index (χ3v) is 3.72. The average molecular weight is 360 g/mol. The van der Waals surface area contributed by atoms with Gasteiger partial charge in [0, 0.05) is 24.8 Å². The minimum atomic E-state index is -0.442. The normalized spacial score (nSPS) is 10.3. The molecule has 0 radical (unpaired) electrons. The van der Waals surface area contributed by atoms with Gasteiger partial charge < -0.3 is 20.1 Å². The van der Waals surface area contributed by atoms with Gasteiger partial charge in [0.05, 0.1) is 19.4 Å². The van der Waals surface area contributed by atoms with Crippen molar-refractivity contribution in [2.45, 2.75) is 6.92 Å². The quantitative estimate of drug-likeness (QED) is 0.587. The van der Waals surface area contributed by atoms with Crippen molar-refractivity contribution in [2.75, 3.05) is 32.7 Å². The maximum atomic E-state index is 13.4. The van der Waals surface area contributed by atoms with Gasteiger partial charge in [0.1, 0.15) is 11.6 Å². The first-order valence-corrected chi connectivity index (χ1v) is 7.99. The highest BCUT2D eigenvalue weighted by Crippen LogP contribution is 2.27. The fraction of sp³-hybridized carbons (Fsp3) is 0.263. The molecule has 2 rings (SSSR count). The number of methoxy groups -OCH3 is 2. The van der Waals surface area contributed by atoms with Crippen molar-refractivity contribution in [3.05, 3.63) is 58.9 Å². The van der Waals surface area contributed by atoms with Crippen LogP contribution in [0.25, 0.3) is 0 Å². The molecule has 0 aliphatic carbocycles. The van der Waals surface area contributed by atoms with E-state index in [4.69, 9.17) is 9.47 Å². The lowest BCUT2D eigenvalue weighted by Crippen LogP contribution is -2.31. The molecule has 138 valence electrons. The zero-order chi connectivity index (χ0) is 19.1. The Morgan fingerprint density at radius 1 is 1.08 bits per heavy atom. The van der Waals surface area contributed by atoms with Crippen molar-refractivity contribution in [3.63, 3.8) is 0 Å². The van der Waals surface area contributed by atoms with E-state index in [2.05, 4.69) is 10.6 Å². The van der Waals surface area contributed by atoms with E-state index in [1.54, 1.807) is 19.1 Å². The molecule has 6 nitrogen and oxygen atoms in total. The lowest BCUT2D eigenvalue weighted by molar-refractivity contribution is 0.103. The van der Waals surface area contributed by atoms with Crippen LogP contribution in [0.3, 0.4) is 0 Å². The number of ketones is 1. The smallest absolute Gasteiger partial charge is 0.319 e. The number of carbonyl (C=O) groups is 2. The van der Waals surface area contributed by atoms with E-state index in [1.807, 2.05) is 0 Å². The van der Waals surface area contributed by atoms with Gasteiger partial charge in [-0.05, 0) is 48.9 Å². The Morgan fingerprint density at radius 2 is 1.77 bits per heavy atom. The standard InChI is InChI=1S/C19H21FN2O4/c1-12-10-13(4-6-15(12)20)18(23)14-5-7-17(26-3)16(11-14)22-19(24)21-8-9-25-2/h4-7,10-11H,8-9H2,1-3H3,(H2,21,22,24). The topological polar surface area (TPSA) is 76.7 Å². The van der Waals surface area contributed by atoms with Crippen molar-refractivity contribution < 1.29 is 23.5 Å². The third kappa shape index (κ3) is 4.80. The van der Waals surface area contributed by atoms with Crippen LogP contribution in [0, 0.1) is 12.7 Å². The molecule has 2 N–H and O–H groups in total. The molecular weight excluding hydrogens is 339 g/mol. The lowest BCUT2D eigenvalue weighted by Gasteiger charge is -2.13. The highest BCUT2D eigenvalue weighted by Gasteiger charge is 2.15. The summed E-state index contributed by atoms with van der Waals surface area (Å²) in [6, 6.07) is 8.45. The number of halogens is 1. The number of anilines is 1. The molecule has 0 spiro atoms. The van der Waals surface area contributed by atoms with Crippen LogP contribution in [0.4, 0.5) is 14.9 Å². The van der Waals surface area contributed by atoms with E-state index in [-0.39, 0.29) is 11.6 Å². The number of benzene rings is 2. The van der Waals surface area contributed by atoms with Crippen LogP contribution in [0.15, 0.2) is 36.4 Å². The van der Waals surface area contributed by atoms with Gasteiger partial charge in [-0.3, -0.25) is 4.79 Å². The number of hydrogen-bond acceptors (Lipinski definition) is 4. The highest BCUT2D eigenvalue weighted by molar-refractivity contribution is 6.10. The van der Waals surface area contributed by atoms with Crippen molar-refractivity contribution >= 4 is 17.5 Å². The zero-order valence-corrected chi connectivity index (χ0v) is 14.9. The summed E-state index contributed by atoms with van der Waals surface area (Å²) in [5.74, 6) is -0.233. The predicted molar refractivity (Wildman–Crippen MR) is 96.5 cm³/mol. The van der Waals surface area contributed by atoms with Gasteiger partial charge in [-0.1, -0.05) is 0 Å². The van der Waals surface area contributed by atoms with E-state index >= 15 is 0 Å². The Hall–Kier alpha value is -2.93. The third-order valence-electron chi connectivity index (χ3n) is 3.72. The molecule has 0 saturated carbocycles. The van der Waals surface area contributed by atoms with E-state index in [9.17, 15) is 14.0 Å². The molecular formula is C19H21FN2O4. The molecule has 0 saturated heterocycles. The molecule has 0 heterocycles. The van der Waals surface area contributed by atoms with Crippen LogP contribution < -0.4 is 15.4 Å². The summed E-state index contributed by atoms with van der Waals surface area (Å²) in [6.45, 7) is 2.32. The van der Waals surface area contributed by atoms with E-state index in [1.165, 1.54) is 38.5 Å². The minimum Gasteiger partial charge on any atom is -0.495 e. The Kier molecular flexibility index (Phi) is 6.68. The second-order valence-electron chi connectivity index (χ2n) is 5.58. The molecule has 7 heteroatoms. The lowest BCUT2D eigenvalue weighted by atomic mass is 10.0. The van der Waals surface area contributed by atoms with Crippen molar-refractivity contribution in [1.29, 1.82) is 0 Å². The second-order valence-corrected chi connectivity index (χ2v) is 5.58. The summed E-state index contributed by atoms with van der Waals surface area (Å²) in [5, 5.41) is 5.27. The molecule has 0 aromatic heterocycles. The Labute approximate surface area is 151 Å². The molecule has 0 unspecified atom stereocenters. The summed E-state index contributed by atoms with van der Waals surface area (Å²) < 4.78 is 23.5. The number of urea groups is 1. The molecule has 26 heavy (non-hydrogen) atoms. The molecule has 2 amide bonds. The largest absolute Gasteiger partial charge is 0.495 e. The van der Waals surface area contributed by atoms with Crippen LogP contribution >= 0.6 is 0 Å². The monoisotopic (exact) mass is 360 g/mol. The fourth-order valence-electron chi connectivity index (χ4n) is 2.33. The Morgan fingerprint density at radius 3 is 2.42 bits per heavy atom. The molecule has 0 aliphatic rings. The Bertz CT molecular complexity index is 808. The molecule has 0 atom stereocenters. The average Bonchev–Trinajstić information content (AvgIpc) is 2.63. The first-order valence-electron chi connectivity index (χ1n) is 7.99. The molecule has 0 bridgehead atoms. The summed E-state index contributed by atoms with van der Waals surface area (Å²) in [4.78, 5) is 24.6. The van der Waals surface area contributed by atoms with Crippen LogP contribution in [0.2, 0.25) is 0 Å². The molecule has 2 aromatic carbocycles. The zero-order valence-electron chi connectivity index (χ0n) is 14.9. The van der Waals surface area contributed by atoms with Gasteiger partial charge in [0.2, 0.25) is 0 Å². The van der Waals surface area contributed by atoms with Gasteiger partial charge in [-0.25, -0.2) is 9.18 Å². The van der Waals surface area contributed by atoms with Gasteiger partial charge in [0.15, 0.2) is 5.78 Å². The number of aryl methyl sites for hydroxylation is 1. The number of ether oxygens (including phenoxy) is 2. The molecule has 0 fully saturated rings. The van der Waals surface area contributed by atoms with Gasteiger partial charge >= 0.3 is 6.03 Å². The highest BCUT2D eigenvalue weighted by atomic mass is 19.1. The minimum absolute atomic E-state index is 0.279. The SMILES string of the molecule is COCCNC(=O)Nc1cc(C(=O)c2ccc(F)c(C)c2)ccc1OC. The van der Waals surface area contributed by atoms with E-state index in [0.29, 0.717) is 41.3 Å². The number of amides is 2. The maximum Gasteiger partial charge on any atom is 0.319 e. The summed E-state index contributed by atoms with van der Waals surface area (Å²) in [7, 11) is 3.00. The molecule has 0 aliphatic heterocycles. The number of nitrogens with one attached hydrogen (secondary N) is 2. The summed E-state index contributed by atoms with van der Waals surface area (Å²) in [5.41, 5.74) is 1.46. The maximum absolute atomic E-state index is 13.4. The summed E-state index contributed by atoms with van der Waals surface area (Å²) in [6.07, 6.45) is 0. The van der Waals surface area contributed by atoms with Crippen molar-refractivity contribution in [3.8, 4) is 5.75 Å². The fourth-order valence-corrected chi connectivity index (χ4v) is 2.33. The number of rotatable bonds is 7. The molecule has 2 aromatic rings. The van der Waals surface area contributed by atoms with Gasteiger partial charge in [0.25, 0.3) is 0 Å². The Balaban J connectivity index is 2.23. The van der Waals surface area contributed by atoms with Crippen molar-refractivity contribution in [2.24, 2.45) is 0 Å². The number of hydrogen-bond donors (Lipinski definition) is 2. The second kappa shape index (κ2) is 8.96. The van der Waals surface area contributed by atoms with E-state index in [0.717, 1.165) is 0 Å². The van der Waals surface area contributed by atoms with Crippen LogP contribution in [-0.4, -0.2) is 39.2 Å². The van der Waals surface area contributed by atoms with Crippen LogP contribution in [0.5, 0.6) is 5.75 Å². The van der Waals surface area contributed by atoms with Crippen LogP contribution in [-0.2, 0) is 4.74 Å². The van der Waals surface area contributed by atoms with Crippen molar-refractivity contribution in [1.82, 2.24) is 5.32 Å². The first-order chi connectivity index (χ1) is 12.5. The number of carbonyl (C=O) groups excluding carboxylic acids is 2. The van der Waals surface area contributed by atoms with Crippen LogP contribution in [0.1, 0.15) is 21.5 Å². The first kappa shape index (κ1) is 19.4.